The van der Waals surface area contributed by atoms with E-state index in [1.807, 2.05) is 0 Å². The molecular formula is C54H103N5O4. The first-order valence-electron chi connectivity index (χ1n) is 27.8. The van der Waals surface area contributed by atoms with E-state index in [-0.39, 0.29) is 35.5 Å². The molecule has 0 aromatic carbocycles. The minimum atomic E-state index is -0.121. The van der Waals surface area contributed by atoms with Crippen LogP contribution >= 0.6 is 0 Å². The Labute approximate surface area is 389 Å². The number of nitrogens with zero attached hydrogens (tertiary/aromatic N) is 2. The molecule has 2 fully saturated rings. The van der Waals surface area contributed by atoms with Gasteiger partial charge in [0, 0.05) is 77.0 Å². The van der Waals surface area contributed by atoms with Crippen molar-refractivity contribution in [3.8, 4) is 0 Å². The smallest absolute Gasteiger partial charge is 0.232 e. The van der Waals surface area contributed by atoms with E-state index in [0.717, 1.165) is 58.3 Å². The molecule has 2 unspecified atom stereocenters. The van der Waals surface area contributed by atoms with E-state index in [2.05, 4.69) is 29.8 Å². The Hall–Kier alpha value is -1.84. The summed E-state index contributed by atoms with van der Waals surface area (Å²) in [4.78, 5) is 53.9. The fraction of sp³-hybridized carbons (Fsp3) is 0.926. The number of carbonyl (C=O) groups excluding carboxylic acids is 4. The van der Waals surface area contributed by atoms with Gasteiger partial charge in [0.25, 0.3) is 0 Å². The summed E-state index contributed by atoms with van der Waals surface area (Å²) in [5.74, 6) is -0.210. The molecule has 2 rings (SSSR count). The van der Waals surface area contributed by atoms with Crippen LogP contribution in [0.25, 0.3) is 0 Å². The Balaban J connectivity index is 1.33. The molecular weight excluding hydrogens is 783 g/mol. The van der Waals surface area contributed by atoms with Crippen molar-refractivity contribution >= 4 is 23.6 Å². The molecule has 0 radical (unpaired) electrons. The second kappa shape index (κ2) is 41.6. The SMILES string of the molecule is CCCCCCCCCCCCCCCCCCCCC1CC(=O)N(CCNCCNCCNCCN2C(=O)CC(CCCCCCCCCCCCCCCCCC)C2=O)C1=O. The summed E-state index contributed by atoms with van der Waals surface area (Å²) in [6.07, 6.45) is 48.2. The van der Waals surface area contributed by atoms with Gasteiger partial charge in [0.05, 0.1) is 0 Å². The molecule has 9 heteroatoms. The van der Waals surface area contributed by atoms with Crippen LogP contribution in [0.4, 0.5) is 0 Å². The topological polar surface area (TPSA) is 111 Å². The van der Waals surface area contributed by atoms with Gasteiger partial charge in [-0.3, -0.25) is 29.0 Å². The zero-order chi connectivity index (χ0) is 45.3. The fourth-order valence-corrected chi connectivity index (χ4v) is 9.77. The van der Waals surface area contributed by atoms with Gasteiger partial charge in [-0.25, -0.2) is 0 Å². The molecule has 0 aromatic heterocycles. The van der Waals surface area contributed by atoms with Crippen molar-refractivity contribution in [1.29, 1.82) is 0 Å². The summed E-state index contributed by atoms with van der Waals surface area (Å²) in [6, 6.07) is 0. The van der Waals surface area contributed by atoms with E-state index in [9.17, 15) is 19.2 Å². The lowest BCUT2D eigenvalue weighted by Crippen LogP contribution is -2.40. The van der Waals surface area contributed by atoms with Gasteiger partial charge in [-0.05, 0) is 12.8 Å². The highest BCUT2D eigenvalue weighted by molar-refractivity contribution is 6.04. The van der Waals surface area contributed by atoms with E-state index < -0.39 is 0 Å². The lowest BCUT2D eigenvalue weighted by molar-refractivity contribution is -0.140. The van der Waals surface area contributed by atoms with Crippen LogP contribution in [-0.2, 0) is 19.2 Å². The molecule has 0 aromatic rings. The third-order valence-electron chi connectivity index (χ3n) is 14.0. The number of amides is 4. The highest BCUT2D eigenvalue weighted by Gasteiger charge is 2.38. The normalized spacial score (nSPS) is 16.8. The van der Waals surface area contributed by atoms with Gasteiger partial charge in [-0.1, -0.05) is 232 Å². The first-order chi connectivity index (χ1) is 31.0. The lowest BCUT2D eigenvalue weighted by Gasteiger charge is -2.16. The standard InChI is InChI=1S/C54H103N5O4/c1-3-5-7-9-11-13-15-17-19-21-22-24-26-28-30-32-34-36-38-50-48-52(61)59(54(50)63)46-44-57-42-40-55-39-41-56-43-45-58-51(60)47-49(53(58)62)37-35-33-31-29-27-25-23-20-18-16-14-12-10-8-6-4-2/h49-50,55-57H,3-48H2,1-2H3. The monoisotopic (exact) mass is 886 g/mol. The first kappa shape index (κ1) is 57.3. The zero-order valence-electron chi connectivity index (χ0n) is 41.7. The molecule has 2 atom stereocenters. The Morgan fingerprint density at radius 3 is 0.810 bits per heavy atom. The van der Waals surface area contributed by atoms with Gasteiger partial charge in [-0.2, -0.15) is 0 Å². The second-order valence-electron chi connectivity index (χ2n) is 19.7. The molecule has 9 nitrogen and oxygen atoms in total. The molecule has 0 saturated carbocycles. The van der Waals surface area contributed by atoms with Crippen LogP contribution in [0.15, 0.2) is 0 Å². The van der Waals surface area contributed by atoms with Crippen molar-refractivity contribution in [2.75, 3.05) is 52.4 Å². The molecule has 0 aliphatic carbocycles. The van der Waals surface area contributed by atoms with Crippen LogP contribution in [0.1, 0.15) is 258 Å². The Kier molecular flexibility index (Phi) is 37.8. The van der Waals surface area contributed by atoms with Gasteiger partial charge in [-0.15, -0.1) is 0 Å². The molecule has 63 heavy (non-hydrogen) atoms. The Bertz CT molecular complexity index is 1120. The summed E-state index contributed by atoms with van der Waals surface area (Å²) in [6.45, 7) is 9.78. The van der Waals surface area contributed by atoms with Crippen LogP contribution in [0, 0.1) is 11.8 Å². The van der Waals surface area contributed by atoms with Crippen molar-refractivity contribution in [1.82, 2.24) is 25.8 Å². The minimum absolute atomic E-state index is 0.0123. The van der Waals surface area contributed by atoms with Gasteiger partial charge in [0.15, 0.2) is 0 Å². The molecule has 2 aliphatic heterocycles. The van der Waals surface area contributed by atoms with Crippen LogP contribution < -0.4 is 16.0 Å². The maximum absolute atomic E-state index is 12.9. The predicted octanol–water partition coefficient (Wildman–Crippen LogP) is 12.6. The molecule has 0 bridgehead atoms. The number of hydrogen-bond donors (Lipinski definition) is 3. The highest BCUT2D eigenvalue weighted by atomic mass is 16.2. The average Bonchev–Trinajstić information content (AvgIpc) is 3.71. The number of unbranched alkanes of at least 4 members (excludes halogenated alkanes) is 32. The maximum Gasteiger partial charge on any atom is 0.232 e. The molecule has 2 heterocycles. The van der Waals surface area contributed by atoms with Crippen LogP contribution in [0.5, 0.6) is 0 Å². The van der Waals surface area contributed by atoms with Gasteiger partial charge in [0.2, 0.25) is 23.6 Å². The maximum atomic E-state index is 12.9. The molecule has 3 N–H and O–H groups in total. The Morgan fingerprint density at radius 2 is 0.556 bits per heavy atom. The van der Waals surface area contributed by atoms with Crippen molar-refractivity contribution < 1.29 is 19.2 Å². The largest absolute Gasteiger partial charge is 0.314 e. The first-order valence-corrected chi connectivity index (χ1v) is 27.8. The van der Waals surface area contributed by atoms with E-state index >= 15 is 0 Å². The van der Waals surface area contributed by atoms with Crippen LogP contribution in [0.2, 0.25) is 0 Å². The summed E-state index contributed by atoms with van der Waals surface area (Å²) in [5.41, 5.74) is 0. The third-order valence-corrected chi connectivity index (χ3v) is 14.0. The van der Waals surface area contributed by atoms with E-state index in [0.29, 0.717) is 39.0 Å². The number of likely N-dealkylation sites (tertiary alicyclic amines) is 2. The predicted molar refractivity (Wildman–Crippen MR) is 266 cm³/mol. The number of carbonyl (C=O) groups is 4. The molecule has 4 amide bonds. The number of hydrogen-bond acceptors (Lipinski definition) is 7. The quantitative estimate of drug-likeness (QED) is 0.0412. The van der Waals surface area contributed by atoms with Crippen molar-refractivity contribution in [2.45, 2.75) is 258 Å². The van der Waals surface area contributed by atoms with E-state index in [1.54, 1.807) is 0 Å². The summed E-state index contributed by atoms with van der Waals surface area (Å²) in [5, 5.41) is 10.1. The molecule has 368 valence electrons. The number of rotatable bonds is 48. The summed E-state index contributed by atoms with van der Waals surface area (Å²) < 4.78 is 0. The van der Waals surface area contributed by atoms with Crippen LogP contribution in [0.3, 0.4) is 0 Å². The fourth-order valence-electron chi connectivity index (χ4n) is 9.77. The van der Waals surface area contributed by atoms with Crippen LogP contribution in [-0.4, -0.2) is 85.8 Å². The molecule has 0 spiro atoms. The lowest BCUT2D eigenvalue weighted by atomic mass is 9.98. The Morgan fingerprint density at radius 1 is 0.333 bits per heavy atom. The van der Waals surface area contributed by atoms with Gasteiger partial charge in [0.1, 0.15) is 0 Å². The molecule has 2 aliphatic rings. The number of nitrogens with one attached hydrogen (secondary N) is 3. The van der Waals surface area contributed by atoms with E-state index in [1.165, 1.54) is 209 Å². The van der Waals surface area contributed by atoms with Crippen molar-refractivity contribution in [3.05, 3.63) is 0 Å². The van der Waals surface area contributed by atoms with Crippen molar-refractivity contribution in [2.24, 2.45) is 11.8 Å². The van der Waals surface area contributed by atoms with Gasteiger partial charge >= 0.3 is 0 Å². The average molecular weight is 886 g/mol. The second-order valence-corrected chi connectivity index (χ2v) is 19.7. The van der Waals surface area contributed by atoms with Gasteiger partial charge < -0.3 is 16.0 Å². The van der Waals surface area contributed by atoms with E-state index in [4.69, 9.17) is 0 Å². The van der Waals surface area contributed by atoms with Crippen molar-refractivity contribution in [3.63, 3.8) is 0 Å². The minimum Gasteiger partial charge on any atom is -0.314 e. The summed E-state index contributed by atoms with van der Waals surface area (Å²) in [7, 11) is 0. The molecule has 2 saturated heterocycles. The summed E-state index contributed by atoms with van der Waals surface area (Å²) >= 11 is 0. The number of imide groups is 2. The zero-order valence-corrected chi connectivity index (χ0v) is 41.7. The highest BCUT2D eigenvalue weighted by Crippen LogP contribution is 2.26. The third kappa shape index (κ3) is 30.1.